The molecule has 0 aliphatic heterocycles. The van der Waals surface area contributed by atoms with E-state index in [0.29, 0.717) is 13.1 Å². The maximum absolute atomic E-state index is 13.5. The fraction of sp³-hybridized carbons (Fsp3) is 0.429. The van der Waals surface area contributed by atoms with E-state index in [1.54, 1.807) is 0 Å². The molecule has 0 saturated heterocycles. The van der Waals surface area contributed by atoms with E-state index in [2.05, 4.69) is 0 Å². The number of likely N-dealkylation sites (N-methyl/N-ethyl adjacent to an activating group) is 1. The number of nitrogens with zero attached hydrogens (tertiary/aromatic N) is 1. The monoisotopic (exact) mass is 282 g/mol. The van der Waals surface area contributed by atoms with E-state index < -0.39 is 17.9 Å². The lowest BCUT2D eigenvalue weighted by Gasteiger charge is -2.22. The molecule has 0 saturated carbocycles. The third-order valence-corrected chi connectivity index (χ3v) is 2.92. The molecule has 0 aliphatic carbocycles. The van der Waals surface area contributed by atoms with Gasteiger partial charge in [0.15, 0.2) is 6.10 Å². The first-order valence-electron chi connectivity index (χ1n) is 6.45. The second-order valence-electron chi connectivity index (χ2n) is 4.30. The van der Waals surface area contributed by atoms with E-state index in [1.807, 2.05) is 13.8 Å². The Labute approximate surface area is 117 Å². The molecule has 2 N–H and O–H groups in total. The second-order valence-corrected chi connectivity index (χ2v) is 4.30. The summed E-state index contributed by atoms with van der Waals surface area (Å²) in [4.78, 5) is 25.3. The molecule has 0 heterocycles. The number of halogens is 1. The predicted molar refractivity (Wildman–Crippen MR) is 73.6 cm³/mol. The molecule has 0 fully saturated rings. The molecule has 0 aromatic heterocycles. The number of ether oxygens (including phenoxy) is 1. The molecule has 1 unspecified atom stereocenters. The lowest BCUT2D eigenvalue weighted by molar-refractivity contribution is -0.139. The number of anilines is 1. The minimum Gasteiger partial charge on any atom is -0.449 e. The zero-order valence-corrected chi connectivity index (χ0v) is 11.9. The smallest absolute Gasteiger partial charge is 0.341 e. The van der Waals surface area contributed by atoms with Crippen LogP contribution < -0.4 is 5.73 Å². The molecule has 6 heteroatoms. The van der Waals surface area contributed by atoms with Gasteiger partial charge < -0.3 is 15.4 Å². The Morgan fingerprint density at radius 2 is 1.95 bits per heavy atom. The molecule has 1 atom stereocenters. The molecule has 5 nitrogen and oxygen atoms in total. The number of rotatable bonds is 5. The van der Waals surface area contributed by atoms with Gasteiger partial charge in [-0.2, -0.15) is 0 Å². The van der Waals surface area contributed by atoms with Crippen LogP contribution in [0.2, 0.25) is 0 Å². The van der Waals surface area contributed by atoms with Crippen molar-refractivity contribution in [1.29, 1.82) is 0 Å². The van der Waals surface area contributed by atoms with Crippen LogP contribution in [0.3, 0.4) is 0 Å². The minimum atomic E-state index is -0.969. The molecule has 1 aromatic carbocycles. The standard InChI is InChI=1S/C14H19FN2O3/c1-4-17(5-2)13(18)9(3)20-14(19)11-8-10(16)6-7-12(11)15/h6-9H,4-5,16H2,1-3H3. The first-order valence-corrected chi connectivity index (χ1v) is 6.45. The summed E-state index contributed by atoms with van der Waals surface area (Å²) < 4.78 is 18.5. The summed E-state index contributed by atoms with van der Waals surface area (Å²) >= 11 is 0. The number of amides is 1. The Morgan fingerprint density at radius 1 is 1.35 bits per heavy atom. The van der Waals surface area contributed by atoms with Crippen molar-refractivity contribution in [3.05, 3.63) is 29.6 Å². The lowest BCUT2D eigenvalue weighted by atomic mass is 10.2. The number of nitrogens with two attached hydrogens (primary N) is 1. The van der Waals surface area contributed by atoms with Gasteiger partial charge in [-0.15, -0.1) is 0 Å². The van der Waals surface area contributed by atoms with Gasteiger partial charge in [0.05, 0.1) is 5.56 Å². The highest BCUT2D eigenvalue weighted by molar-refractivity contribution is 5.93. The maximum Gasteiger partial charge on any atom is 0.341 e. The Morgan fingerprint density at radius 3 is 2.50 bits per heavy atom. The number of carbonyl (C=O) groups excluding carboxylic acids is 2. The van der Waals surface area contributed by atoms with E-state index in [9.17, 15) is 14.0 Å². The molecule has 0 spiro atoms. The van der Waals surface area contributed by atoms with Gasteiger partial charge in [0.25, 0.3) is 5.91 Å². The average molecular weight is 282 g/mol. The number of hydrogen-bond acceptors (Lipinski definition) is 4. The highest BCUT2D eigenvalue weighted by Crippen LogP contribution is 2.14. The Hall–Kier alpha value is -2.11. The Bertz CT molecular complexity index is 501. The fourth-order valence-corrected chi connectivity index (χ4v) is 1.77. The molecular formula is C14H19FN2O3. The summed E-state index contributed by atoms with van der Waals surface area (Å²) in [7, 11) is 0. The van der Waals surface area contributed by atoms with Crippen molar-refractivity contribution in [2.45, 2.75) is 26.9 Å². The fourth-order valence-electron chi connectivity index (χ4n) is 1.77. The molecule has 1 amide bonds. The molecule has 0 radical (unpaired) electrons. The van der Waals surface area contributed by atoms with Crippen molar-refractivity contribution in [3.63, 3.8) is 0 Å². The summed E-state index contributed by atoms with van der Waals surface area (Å²) in [6, 6.07) is 3.62. The molecular weight excluding hydrogens is 263 g/mol. The maximum atomic E-state index is 13.5. The molecule has 1 aromatic rings. The summed E-state index contributed by atoms with van der Waals surface area (Å²) in [5, 5.41) is 0. The average Bonchev–Trinajstić information content (AvgIpc) is 2.42. The van der Waals surface area contributed by atoms with Crippen molar-refractivity contribution < 1.29 is 18.7 Å². The van der Waals surface area contributed by atoms with Gasteiger partial charge in [-0.1, -0.05) is 0 Å². The summed E-state index contributed by atoms with van der Waals surface area (Å²) in [5.74, 6) is -1.94. The molecule has 110 valence electrons. The zero-order chi connectivity index (χ0) is 15.3. The molecule has 0 bridgehead atoms. The second kappa shape index (κ2) is 6.88. The van der Waals surface area contributed by atoms with Gasteiger partial charge in [0.1, 0.15) is 5.82 Å². The number of carbonyl (C=O) groups is 2. The SMILES string of the molecule is CCN(CC)C(=O)C(C)OC(=O)c1cc(N)ccc1F. The van der Waals surface area contributed by atoms with Gasteiger partial charge in [0, 0.05) is 18.8 Å². The van der Waals surface area contributed by atoms with Crippen LogP contribution in [0.25, 0.3) is 0 Å². The van der Waals surface area contributed by atoms with E-state index in [0.717, 1.165) is 6.07 Å². The normalized spacial score (nSPS) is 11.8. The molecule has 1 rings (SSSR count). The van der Waals surface area contributed by atoms with Crippen LogP contribution in [0.5, 0.6) is 0 Å². The van der Waals surface area contributed by atoms with Crippen LogP contribution in [0, 0.1) is 5.82 Å². The molecule has 0 aliphatic rings. The number of hydrogen-bond donors (Lipinski definition) is 1. The molecule has 20 heavy (non-hydrogen) atoms. The highest BCUT2D eigenvalue weighted by Gasteiger charge is 2.24. The van der Waals surface area contributed by atoms with Crippen molar-refractivity contribution >= 4 is 17.6 Å². The van der Waals surface area contributed by atoms with Crippen LogP contribution in [0.15, 0.2) is 18.2 Å². The minimum absolute atomic E-state index is 0.251. The zero-order valence-electron chi connectivity index (χ0n) is 11.9. The van der Waals surface area contributed by atoms with Gasteiger partial charge in [-0.3, -0.25) is 4.79 Å². The van der Waals surface area contributed by atoms with E-state index in [4.69, 9.17) is 10.5 Å². The van der Waals surface area contributed by atoms with E-state index in [-0.39, 0.29) is 17.2 Å². The Kier molecular flexibility index (Phi) is 5.49. The van der Waals surface area contributed by atoms with Crippen LogP contribution in [0.1, 0.15) is 31.1 Å². The number of benzene rings is 1. The Balaban J connectivity index is 2.80. The van der Waals surface area contributed by atoms with Crippen molar-refractivity contribution in [2.24, 2.45) is 0 Å². The third-order valence-electron chi connectivity index (χ3n) is 2.92. The quantitative estimate of drug-likeness (QED) is 0.660. The summed E-state index contributed by atoms with van der Waals surface area (Å²) in [6.45, 7) is 6.15. The first-order chi connectivity index (χ1) is 9.40. The van der Waals surface area contributed by atoms with Gasteiger partial charge in [-0.25, -0.2) is 9.18 Å². The van der Waals surface area contributed by atoms with Crippen molar-refractivity contribution in [3.8, 4) is 0 Å². The largest absolute Gasteiger partial charge is 0.449 e. The topological polar surface area (TPSA) is 72.6 Å². The summed E-state index contributed by atoms with van der Waals surface area (Å²) in [5.41, 5.74) is 5.47. The van der Waals surface area contributed by atoms with Crippen LogP contribution in [0.4, 0.5) is 10.1 Å². The summed E-state index contributed by atoms with van der Waals surface area (Å²) in [6.07, 6.45) is -0.969. The lowest BCUT2D eigenvalue weighted by Crippen LogP contribution is -2.39. The van der Waals surface area contributed by atoms with E-state index >= 15 is 0 Å². The number of esters is 1. The van der Waals surface area contributed by atoms with Crippen LogP contribution in [-0.4, -0.2) is 36.0 Å². The van der Waals surface area contributed by atoms with Crippen molar-refractivity contribution in [2.75, 3.05) is 18.8 Å². The highest BCUT2D eigenvalue weighted by atomic mass is 19.1. The van der Waals surface area contributed by atoms with Gasteiger partial charge in [-0.05, 0) is 39.0 Å². The van der Waals surface area contributed by atoms with Crippen LogP contribution >= 0.6 is 0 Å². The number of nitrogen functional groups attached to an aromatic ring is 1. The first kappa shape index (κ1) is 15.9. The predicted octanol–water partition coefficient (Wildman–Crippen LogP) is 1.82. The van der Waals surface area contributed by atoms with E-state index in [1.165, 1.54) is 24.0 Å². The van der Waals surface area contributed by atoms with Gasteiger partial charge in [0.2, 0.25) is 0 Å². The van der Waals surface area contributed by atoms with Crippen molar-refractivity contribution in [1.82, 2.24) is 4.90 Å². The van der Waals surface area contributed by atoms with Crippen LogP contribution in [-0.2, 0) is 9.53 Å². The third kappa shape index (κ3) is 3.69. The van der Waals surface area contributed by atoms with Gasteiger partial charge >= 0.3 is 5.97 Å².